The molecule has 2 aromatic rings. The number of pyridine rings is 1. The second-order valence-corrected chi connectivity index (χ2v) is 6.36. The van der Waals surface area contributed by atoms with Gasteiger partial charge in [0.15, 0.2) is 0 Å². The first-order valence-electron chi connectivity index (χ1n) is 7.51. The SMILES string of the molecule is CC1CCCC(c2nc3ccc(N(C)C)cn3c2N)C1. The van der Waals surface area contributed by atoms with Crippen molar-refractivity contribution in [3.63, 3.8) is 0 Å². The van der Waals surface area contributed by atoms with Gasteiger partial charge in [-0.05, 0) is 30.9 Å². The van der Waals surface area contributed by atoms with E-state index in [-0.39, 0.29) is 0 Å². The molecule has 4 nitrogen and oxygen atoms in total. The molecular weight excluding hydrogens is 248 g/mol. The minimum absolute atomic E-state index is 0.529. The number of nitrogens with two attached hydrogens (primary N) is 1. The molecule has 0 aliphatic heterocycles. The molecule has 20 heavy (non-hydrogen) atoms. The van der Waals surface area contributed by atoms with Gasteiger partial charge in [0.25, 0.3) is 0 Å². The number of nitrogens with zero attached hydrogens (tertiary/aromatic N) is 3. The van der Waals surface area contributed by atoms with Gasteiger partial charge in [0.2, 0.25) is 0 Å². The topological polar surface area (TPSA) is 46.6 Å². The van der Waals surface area contributed by atoms with Crippen LogP contribution in [0, 0.1) is 5.92 Å². The number of anilines is 2. The molecule has 0 amide bonds. The van der Waals surface area contributed by atoms with Crippen LogP contribution in [0.1, 0.15) is 44.2 Å². The normalized spacial score (nSPS) is 23.1. The van der Waals surface area contributed by atoms with Gasteiger partial charge in [0, 0.05) is 26.2 Å². The highest BCUT2D eigenvalue weighted by Gasteiger charge is 2.25. The molecule has 2 unspecified atom stereocenters. The van der Waals surface area contributed by atoms with E-state index in [1.54, 1.807) is 0 Å². The number of nitrogen functional groups attached to an aromatic ring is 1. The fourth-order valence-electron chi connectivity index (χ4n) is 3.32. The first-order valence-corrected chi connectivity index (χ1v) is 7.51. The molecule has 1 fully saturated rings. The van der Waals surface area contributed by atoms with Crippen molar-refractivity contribution in [1.82, 2.24) is 9.38 Å². The second-order valence-electron chi connectivity index (χ2n) is 6.36. The Morgan fingerprint density at radius 2 is 2.10 bits per heavy atom. The summed E-state index contributed by atoms with van der Waals surface area (Å²) in [6.07, 6.45) is 7.15. The zero-order valence-electron chi connectivity index (χ0n) is 12.6. The fourth-order valence-corrected chi connectivity index (χ4v) is 3.32. The van der Waals surface area contributed by atoms with E-state index in [0.717, 1.165) is 28.8 Å². The number of fused-ring (bicyclic) bond motifs is 1. The van der Waals surface area contributed by atoms with Gasteiger partial charge in [-0.15, -0.1) is 0 Å². The molecule has 2 atom stereocenters. The number of hydrogen-bond donors (Lipinski definition) is 1. The molecule has 2 heterocycles. The van der Waals surface area contributed by atoms with E-state index in [4.69, 9.17) is 10.7 Å². The molecule has 4 heteroatoms. The third kappa shape index (κ3) is 2.23. The lowest BCUT2D eigenvalue weighted by Gasteiger charge is -2.25. The average Bonchev–Trinajstić information content (AvgIpc) is 2.76. The van der Waals surface area contributed by atoms with Crippen LogP contribution in [0.25, 0.3) is 5.65 Å². The van der Waals surface area contributed by atoms with Crippen molar-refractivity contribution in [3.8, 4) is 0 Å². The molecule has 108 valence electrons. The highest BCUT2D eigenvalue weighted by Crippen LogP contribution is 2.38. The monoisotopic (exact) mass is 272 g/mol. The summed E-state index contributed by atoms with van der Waals surface area (Å²) in [5.41, 5.74) is 9.57. The van der Waals surface area contributed by atoms with Gasteiger partial charge >= 0.3 is 0 Å². The average molecular weight is 272 g/mol. The van der Waals surface area contributed by atoms with Crippen LogP contribution in [0.2, 0.25) is 0 Å². The van der Waals surface area contributed by atoms with Crippen LogP contribution < -0.4 is 10.6 Å². The molecular formula is C16H24N4. The van der Waals surface area contributed by atoms with Crippen molar-refractivity contribution in [2.24, 2.45) is 5.92 Å². The van der Waals surface area contributed by atoms with Gasteiger partial charge in [-0.2, -0.15) is 0 Å². The smallest absolute Gasteiger partial charge is 0.138 e. The van der Waals surface area contributed by atoms with Crippen LogP contribution in [0.5, 0.6) is 0 Å². The maximum atomic E-state index is 6.37. The minimum Gasteiger partial charge on any atom is -0.383 e. The molecule has 0 saturated heterocycles. The first kappa shape index (κ1) is 13.3. The summed E-state index contributed by atoms with van der Waals surface area (Å²) >= 11 is 0. The molecule has 2 aromatic heterocycles. The van der Waals surface area contributed by atoms with E-state index in [9.17, 15) is 0 Å². The van der Waals surface area contributed by atoms with E-state index < -0.39 is 0 Å². The standard InChI is InChI=1S/C16H24N4/c1-11-5-4-6-12(9-11)15-16(17)20-10-13(19(2)3)7-8-14(20)18-15/h7-8,10-12H,4-6,9,17H2,1-3H3. The van der Waals surface area contributed by atoms with Crippen molar-refractivity contribution < 1.29 is 0 Å². The Bertz CT molecular complexity index is 614. The van der Waals surface area contributed by atoms with Crippen LogP contribution >= 0.6 is 0 Å². The van der Waals surface area contributed by atoms with Gasteiger partial charge in [0.05, 0.1) is 11.4 Å². The third-order valence-corrected chi connectivity index (χ3v) is 4.51. The zero-order chi connectivity index (χ0) is 14.3. The Morgan fingerprint density at radius 1 is 1.30 bits per heavy atom. The lowest BCUT2D eigenvalue weighted by molar-refractivity contribution is 0.341. The second kappa shape index (κ2) is 5.00. The van der Waals surface area contributed by atoms with Gasteiger partial charge < -0.3 is 10.6 Å². The Morgan fingerprint density at radius 3 is 2.80 bits per heavy atom. The molecule has 1 aliphatic carbocycles. The van der Waals surface area contributed by atoms with Gasteiger partial charge in [-0.1, -0.05) is 19.8 Å². The van der Waals surface area contributed by atoms with E-state index in [1.807, 2.05) is 18.5 Å². The largest absolute Gasteiger partial charge is 0.383 e. The molecule has 3 rings (SSSR count). The zero-order valence-corrected chi connectivity index (χ0v) is 12.6. The van der Waals surface area contributed by atoms with Crippen molar-refractivity contribution in [3.05, 3.63) is 24.0 Å². The summed E-state index contributed by atoms with van der Waals surface area (Å²) in [7, 11) is 4.08. The van der Waals surface area contributed by atoms with E-state index in [0.29, 0.717) is 5.92 Å². The Hall–Kier alpha value is -1.71. The molecule has 0 radical (unpaired) electrons. The summed E-state index contributed by atoms with van der Waals surface area (Å²) in [5, 5.41) is 0. The first-order chi connectivity index (χ1) is 9.56. The van der Waals surface area contributed by atoms with Crippen LogP contribution in [0.3, 0.4) is 0 Å². The van der Waals surface area contributed by atoms with Crippen molar-refractivity contribution >= 4 is 17.2 Å². The van der Waals surface area contributed by atoms with Crippen molar-refractivity contribution in [1.29, 1.82) is 0 Å². The molecule has 0 spiro atoms. The summed E-state index contributed by atoms with van der Waals surface area (Å²) in [5.74, 6) is 2.14. The highest BCUT2D eigenvalue weighted by atomic mass is 15.1. The fraction of sp³-hybridized carbons (Fsp3) is 0.562. The number of rotatable bonds is 2. The van der Waals surface area contributed by atoms with Gasteiger partial charge in [-0.25, -0.2) is 4.98 Å². The maximum absolute atomic E-state index is 6.37. The third-order valence-electron chi connectivity index (χ3n) is 4.51. The van der Waals surface area contributed by atoms with Crippen LogP contribution in [0.4, 0.5) is 11.5 Å². The number of imidazole rings is 1. The van der Waals surface area contributed by atoms with Crippen molar-refractivity contribution in [2.45, 2.75) is 38.5 Å². The summed E-state index contributed by atoms with van der Waals surface area (Å²) < 4.78 is 2.03. The quantitative estimate of drug-likeness (QED) is 0.912. The number of hydrogen-bond acceptors (Lipinski definition) is 3. The van der Waals surface area contributed by atoms with E-state index in [1.165, 1.54) is 25.7 Å². The predicted octanol–water partition coefficient (Wildman–Crippen LogP) is 3.28. The molecule has 0 bridgehead atoms. The molecule has 1 aliphatic rings. The molecule has 1 saturated carbocycles. The minimum atomic E-state index is 0.529. The Kier molecular flexibility index (Phi) is 3.32. The van der Waals surface area contributed by atoms with E-state index >= 15 is 0 Å². The van der Waals surface area contributed by atoms with E-state index in [2.05, 4.69) is 30.2 Å². The predicted molar refractivity (Wildman–Crippen MR) is 84.3 cm³/mol. The van der Waals surface area contributed by atoms with Crippen LogP contribution in [0.15, 0.2) is 18.3 Å². The van der Waals surface area contributed by atoms with Crippen LogP contribution in [-0.2, 0) is 0 Å². The molecule has 0 aromatic carbocycles. The Balaban J connectivity index is 2.02. The number of aromatic nitrogens is 2. The van der Waals surface area contributed by atoms with Crippen LogP contribution in [-0.4, -0.2) is 23.5 Å². The van der Waals surface area contributed by atoms with Gasteiger partial charge in [0.1, 0.15) is 11.5 Å². The van der Waals surface area contributed by atoms with Crippen molar-refractivity contribution in [2.75, 3.05) is 24.7 Å². The Labute approximate surface area is 120 Å². The summed E-state index contributed by atoms with van der Waals surface area (Å²) in [6.45, 7) is 2.34. The lowest BCUT2D eigenvalue weighted by atomic mass is 9.81. The highest BCUT2D eigenvalue weighted by molar-refractivity contribution is 5.59. The summed E-state index contributed by atoms with van der Waals surface area (Å²) in [6, 6.07) is 4.15. The lowest BCUT2D eigenvalue weighted by Crippen LogP contribution is -2.13. The van der Waals surface area contributed by atoms with Gasteiger partial charge in [-0.3, -0.25) is 4.40 Å². The summed E-state index contributed by atoms with van der Waals surface area (Å²) in [4.78, 5) is 6.87. The maximum Gasteiger partial charge on any atom is 0.138 e. The molecule has 2 N–H and O–H groups in total.